The molecule has 1 amide bonds. The Labute approximate surface area is 219 Å². The summed E-state index contributed by atoms with van der Waals surface area (Å²) in [6.07, 6.45) is 0. The Balaban J connectivity index is 1.48. The minimum atomic E-state index is -0.444. The van der Waals surface area contributed by atoms with Crippen molar-refractivity contribution in [1.82, 2.24) is 5.32 Å². The summed E-state index contributed by atoms with van der Waals surface area (Å²) in [5.74, 6) is -0.628. The van der Waals surface area contributed by atoms with E-state index in [1.807, 2.05) is 73.7 Å². The van der Waals surface area contributed by atoms with Crippen LogP contribution < -0.4 is 16.0 Å². The molecular formula is C28H25N3O3S2. The molecule has 3 aromatic carbocycles. The lowest BCUT2D eigenvalue weighted by Gasteiger charge is -2.12. The molecule has 4 aromatic rings. The van der Waals surface area contributed by atoms with Gasteiger partial charge in [0.15, 0.2) is 5.11 Å². The van der Waals surface area contributed by atoms with Gasteiger partial charge in [0, 0.05) is 28.2 Å². The Bertz CT molecular complexity index is 1390. The molecule has 0 aliphatic rings. The molecule has 36 heavy (non-hydrogen) atoms. The number of aryl methyl sites for hydroxylation is 1. The molecule has 0 fully saturated rings. The molecule has 0 saturated carbocycles. The molecule has 0 saturated heterocycles. The maximum Gasteiger partial charge on any atom is 0.341 e. The first-order chi connectivity index (χ1) is 17.5. The standard InChI is InChI=1S/C28H25N3O3S2/c1-18-23(20-12-7-4-8-13-20)24(27(33)34-2)26(36-18)31-28(35)30-22-15-9-14-21(16-22)25(32)29-17-19-10-5-3-6-11-19/h3-16H,17H2,1-2H3,(H,29,32)(H2,30,31,35). The average Bonchev–Trinajstić information content (AvgIpc) is 3.23. The van der Waals surface area contributed by atoms with E-state index >= 15 is 0 Å². The van der Waals surface area contributed by atoms with Crippen molar-refractivity contribution in [2.24, 2.45) is 0 Å². The van der Waals surface area contributed by atoms with Gasteiger partial charge in [-0.05, 0) is 48.5 Å². The van der Waals surface area contributed by atoms with Gasteiger partial charge >= 0.3 is 5.97 Å². The number of thiophene rings is 1. The van der Waals surface area contributed by atoms with E-state index in [-0.39, 0.29) is 5.91 Å². The summed E-state index contributed by atoms with van der Waals surface area (Å²) in [6, 6.07) is 26.5. The highest BCUT2D eigenvalue weighted by molar-refractivity contribution is 7.80. The number of benzene rings is 3. The maximum absolute atomic E-state index is 12.7. The normalized spacial score (nSPS) is 10.4. The molecule has 182 valence electrons. The van der Waals surface area contributed by atoms with Crippen LogP contribution in [0.2, 0.25) is 0 Å². The molecule has 0 bridgehead atoms. The van der Waals surface area contributed by atoms with E-state index in [1.54, 1.807) is 18.2 Å². The van der Waals surface area contributed by atoms with Crippen molar-refractivity contribution in [2.45, 2.75) is 13.5 Å². The van der Waals surface area contributed by atoms with Gasteiger partial charge in [-0.1, -0.05) is 66.7 Å². The minimum absolute atomic E-state index is 0.184. The quantitative estimate of drug-likeness (QED) is 0.199. The molecule has 6 nitrogen and oxygen atoms in total. The number of methoxy groups -OCH3 is 1. The van der Waals surface area contributed by atoms with E-state index < -0.39 is 5.97 Å². The monoisotopic (exact) mass is 515 g/mol. The first-order valence-corrected chi connectivity index (χ1v) is 12.5. The summed E-state index contributed by atoms with van der Waals surface area (Å²) in [4.78, 5) is 26.3. The zero-order chi connectivity index (χ0) is 25.5. The van der Waals surface area contributed by atoms with Crippen LogP contribution in [-0.2, 0) is 11.3 Å². The van der Waals surface area contributed by atoms with Crippen molar-refractivity contribution in [3.63, 3.8) is 0 Å². The van der Waals surface area contributed by atoms with Crippen molar-refractivity contribution >= 4 is 51.2 Å². The number of esters is 1. The number of hydrogen-bond acceptors (Lipinski definition) is 5. The number of rotatable bonds is 7. The van der Waals surface area contributed by atoms with Crippen molar-refractivity contribution in [2.75, 3.05) is 17.7 Å². The van der Waals surface area contributed by atoms with Crippen molar-refractivity contribution in [3.05, 3.63) is 106 Å². The molecule has 0 spiro atoms. The number of carbonyl (C=O) groups excluding carboxylic acids is 2. The van der Waals surface area contributed by atoms with E-state index in [0.717, 1.165) is 21.6 Å². The molecule has 3 N–H and O–H groups in total. The molecule has 0 radical (unpaired) electrons. The van der Waals surface area contributed by atoms with E-state index in [2.05, 4.69) is 16.0 Å². The van der Waals surface area contributed by atoms with E-state index in [0.29, 0.717) is 33.5 Å². The lowest BCUT2D eigenvalue weighted by Crippen LogP contribution is -2.23. The molecule has 0 atom stereocenters. The highest BCUT2D eigenvalue weighted by atomic mass is 32.1. The highest BCUT2D eigenvalue weighted by Gasteiger charge is 2.24. The Kier molecular flexibility index (Phi) is 8.10. The molecule has 1 heterocycles. The first-order valence-electron chi connectivity index (χ1n) is 11.2. The third-order valence-corrected chi connectivity index (χ3v) is 6.67. The second kappa shape index (κ2) is 11.6. The Hall–Kier alpha value is -4.01. The minimum Gasteiger partial charge on any atom is -0.465 e. The molecular weight excluding hydrogens is 490 g/mol. The summed E-state index contributed by atoms with van der Waals surface area (Å²) >= 11 is 6.95. The fourth-order valence-electron chi connectivity index (χ4n) is 3.77. The van der Waals surface area contributed by atoms with E-state index in [9.17, 15) is 9.59 Å². The second-order valence-corrected chi connectivity index (χ2v) is 9.56. The number of nitrogens with one attached hydrogen (secondary N) is 3. The summed E-state index contributed by atoms with van der Waals surface area (Å²) in [6.45, 7) is 2.40. The largest absolute Gasteiger partial charge is 0.465 e. The van der Waals surface area contributed by atoms with Gasteiger partial charge in [0.2, 0.25) is 0 Å². The third-order valence-electron chi connectivity index (χ3n) is 5.44. The first kappa shape index (κ1) is 25.1. The van der Waals surface area contributed by atoms with Gasteiger partial charge in [-0.25, -0.2) is 4.79 Å². The van der Waals surface area contributed by atoms with Gasteiger partial charge in [-0.15, -0.1) is 11.3 Å². The maximum atomic E-state index is 12.7. The summed E-state index contributed by atoms with van der Waals surface area (Å²) in [7, 11) is 1.36. The van der Waals surface area contributed by atoms with Gasteiger partial charge in [0.05, 0.1) is 7.11 Å². The number of ether oxygens (including phenoxy) is 1. The van der Waals surface area contributed by atoms with E-state index in [4.69, 9.17) is 17.0 Å². The zero-order valence-electron chi connectivity index (χ0n) is 19.8. The Morgan fingerprint density at radius 3 is 2.31 bits per heavy atom. The van der Waals surface area contributed by atoms with Crippen LogP contribution in [0.3, 0.4) is 0 Å². The summed E-state index contributed by atoms with van der Waals surface area (Å²) in [5.41, 5.74) is 4.35. The van der Waals surface area contributed by atoms with Crippen molar-refractivity contribution in [1.29, 1.82) is 0 Å². The Morgan fingerprint density at radius 2 is 1.61 bits per heavy atom. The van der Waals surface area contributed by atoms with Crippen LogP contribution in [0.25, 0.3) is 11.1 Å². The van der Waals surface area contributed by atoms with Crippen LogP contribution in [-0.4, -0.2) is 24.1 Å². The smallest absolute Gasteiger partial charge is 0.341 e. The number of amides is 1. The molecule has 1 aromatic heterocycles. The number of thiocarbonyl (C=S) groups is 1. The number of anilines is 2. The molecule has 0 unspecified atom stereocenters. The lowest BCUT2D eigenvalue weighted by atomic mass is 10.0. The van der Waals surface area contributed by atoms with Gasteiger partial charge in [-0.3, -0.25) is 4.79 Å². The second-order valence-electron chi connectivity index (χ2n) is 7.92. The predicted molar refractivity (Wildman–Crippen MR) is 150 cm³/mol. The van der Waals surface area contributed by atoms with Gasteiger partial charge in [0.1, 0.15) is 10.6 Å². The van der Waals surface area contributed by atoms with Crippen molar-refractivity contribution in [3.8, 4) is 11.1 Å². The van der Waals surface area contributed by atoms with Crippen LogP contribution >= 0.6 is 23.6 Å². The zero-order valence-corrected chi connectivity index (χ0v) is 21.5. The average molecular weight is 516 g/mol. The van der Waals surface area contributed by atoms with Crippen LogP contribution in [0.4, 0.5) is 10.7 Å². The third kappa shape index (κ3) is 5.97. The van der Waals surface area contributed by atoms with Gasteiger partial charge in [0.25, 0.3) is 5.91 Å². The molecule has 0 aliphatic heterocycles. The lowest BCUT2D eigenvalue weighted by molar-refractivity contribution is 0.0603. The van der Waals surface area contributed by atoms with Gasteiger partial charge < -0.3 is 20.7 Å². The van der Waals surface area contributed by atoms with Crippen LogP contribution in [0.1, 0.15) is 31.2 Å². The SMILES string of the molecule is COC(=O)c1c(NC(=S)Nc2cccc(C(=O)NCc3ccccc3)c2)sc(C)c1-c1ccccc1. The fraction of sp³-hybridized carbons (Fsp3) is 0.107. The van der Waals surface area contributed by atoms with Crippen molar-refractivity contribution < 1.29 is 14.3 Å². The van der Waals surface area contributed by atoms with Crippen LogP contribution in [0, 0.1) is 6.92 Å². The molecule has 0 aliphatic carbocycles. The van der Waals surface area contributed by atoms with E-state index in [1.165, 1.54) is 18.4 Å². The number of hydrogen-bond donors (Lipinski definition) is 3. The molecule has 4 rings (SSSR count). The highest BCUT2D eigenvalue weighted by Crippen LogP contribution is 2.40. The van der Waals surface area contributed by atoms with Crippen LogP contribution in [0.15, 0.2) is 84.9 Å². The topological polar surface area (TPSA) is 79.5 Å². The summed E-state index contributed by atoms with van der Waals surface area (Å²) in [5, 5.41) is 10.1. The van der Waals surface area contributed by atoms with Crippen LogP contribution in [0.5, 0.6) is 0 Å². The number of carbonyl (C=O) groups is 2. The van der Waals surface area contributed by atoms with Gasteiger partial charge in [-0.2, -0.15) is 0 Å². The predicted octanol–water partition coefficient (Wildman–Crippen LogP) is 6.25. The summed E-state index contributed by atoms with van der Waals surface area (Å²) < 4.78 is 5.07. The Morgan fingerprint density at radius 1 is 0.917 bits per heavy atom. The molecule has 8 heteroatoms. The fourth-order valence-corrected chi connectivity index (χ4v) is 5.12.